The zero-order chi connectivity index (χ0) is 11.4. The van der Waals surface area contributed by atoms with Crippen molar-refractivity contribution in [3.05, 3.63) is 33.6 Å². The van der Waals surface area contributed by atoms with Crippen molar-refractivity contribution in [2.24, 2.45) is 0 Å². The van der Waals surface area contributed by atoms with E-state index in [9.17, 15) is 18.9 Å². The van der Waals surface area contributed by atoms with Gasteiger partial charge in [-0.15, -0.1) is 0 Å². The Hall–Kier alpha value is -2.10. The summed E-state index contributed by atoms with van der Waals surface area (Å²) in [6.45, 7) is 0. The molecule has 1 heterocycles. The van der Waals surface area contributed by atoms with Crippen LogP contribution in [-0.2, 0) is 6.42 Å². The van der Waals surface area contributed by atoms with Crippen LogP contribution in [0.2, 0.25) is 0 Å². The fourth-order valence-electron chi connectivity index (χ4n) is 0.986. The Kier molecular flexibility index (Phi) is 3.23. The maximum absolute atomic E-state index is 12.2. The van der Waals surface area contributed by atoms with Crippen molar-refractivity contribution in [1.29, 1.82) is 5.26 Å². The van der Waals surface area contributed by atoms with E-state index in [-0.39, 0.29) is 12.1 Å². The van der Waals surface area contributed by atoms with Crippen LogP contribution in [0.4, 0.5) is 14.5 Å². The van der Waals surface area contributed by atoms with Gasteiger partial charge in [-0.05, 0) is 0 Å². The molecule has 0 aliphatic carbocycles. The molecule has 7 heteroatoms. The fourth-order valence-corrected chi connectivity index (χ4v) is 0.986. The van der Waals surface area contributed by atoms with E-state index >= 15 is 0 Å². The number of hydrogen-bond acceptors (Lipinski definition) is 4. The number of aromatic nitrogens is 1. The van der Waals surface area contributed by atoms with Crippen LogP contribution in [0.3, 0.4) is 0 Å². The molecule has 5 nitrogen and oxygen atoms in total. The minimum atomic E-state index is -2.81. The molecule has 0 saturated heterocycles. The summed E-state index contributed by atoms with van der Waals surface area (Å²) in [5, 5.41) is 18.8. The maximum atomic E-state index is 12.2. The first-order valence-electron chi connectivity index (χ1n) is 3.84. The predicted molar refractivity (Wildman–Crippen MR) is 45.2 cm³/mol. The minimum Gasteiger partial charge on any atom is -0.258 e. The van der Waals surface area contributed by atoms with Gasteiger partial charge in [-0.2, -0.15) is 5.26 Å². The third kappa shape index (κ3) is 2.43. The molecule has 0 N–H and O–H groups in total. The smallest absolute Gasteiger partial charge is 0.258 e. The van der Waals surface area contributed by atoms with Gasteiger partial charge >= 0.3 is 0 Å². The summed E-state index contributed by atoms with van der Waals surface area (Å²) in [7, 11) is 0. The van der Waals surface area contributed by atoms with Crippen LogP contribution in [0.25, 0.3) is 0 Å². The molecular weight excluding hydrogens is 208 g/mol. The first kappa shape index (κ1) is 11.0. The standard InChI is InChI=1S/C8H5F2N3O2/c9-8(10)5-3-7(13(14)15)6(1-2-11)12-4-5/h3-4,8H,1H2. The molecular formula is C8H5F2N3O2. The average Bonchev–Trinajstić information content (AvgIpc) is 2.18. The lowest BCUT2D eigenvalue weighted by Crippen LogP contribution is -2.00. The maximum Gasteiger partial charge on any atom is 0.292 e. The van der Waals surface area contributed by atoms with Crippen molar-refractivity contribution >= 4 is 5.69 Å². The SMILES string of the molecule is N#CCc1ncc(C(F)F)cc1[N+](=O)[O-]. The van der Waals surface area contributed by atoms with E-state index in [1.54, 1.807) is 6.07 Å². The van der Waals surface area contributed by atoms with E-state index in [1.165, 1.54) is 0 Å². The van der Waals surface area contributed by atoms with Crippen molar-refractivity contribution in [3.8, 4) is 6.07 Å². The van der Waals surface area contributed by atoms with E-state index in [1.807, 2.05) is 0 Å². The predicted octanol–water partition coefficient (Wildman–Crippen LogP) is 1.99. The van der Waals surface area contributed by atoms with Gasteiger partial charge in [0.15, 0.2) is 0 Å². The third-order valence-electron chi connectivity index (χ3n) is 1.66. The first-order valence-corrected chi connectivity index (χ1v) is 3.84. The second-order valence-corrected chi connectivity index (χ2v) is 2.63. The zero-order valence-corrected chi connectivity index (χ0v) is 7.35. The van der Waals surface area contributed by atoms with Gasteiger partial charge in [-0.25, -0.2) is 8.78 Å². The third-order valence-corrected chi connectivity index (χ3v) is 1.66. The molecule has 0 aliphatic heterocycles. The summed E-state index contributed by atoms with van der Waals surface area (Å²) in [6.07, 6.45) is -2.25. The molecule has 0 aromatic carbocycles. The highest BCUT2D eigenvalue weighted by Gasteiger charge is 2.19. The Labute approximate surface area is 83.1 Å². The lowest BCUT2D eigenvalue weighted by Gasteiger charge is -2.01. The first-order chi connectivity index (χ1) is 7.06. The molecule has 0 amide bonds. The highest BCUT2D eigenvalue weighted by Crippen LogP contribution is 2.24. The number of nitro groups is 1. The van der Waals surface area contributed by atoms with Crippen LogP contribution >= 0.6 is 0 Å². The molecule has 1 aromatic rings. The van der Waals surface area contributed by atoms with Crippen LogP contribution < -0.4 is 0 Å². The Bertz CT molecular complexity index is 428. The number of nitrogens with zero attached hydrogens (tertiary/aromatic N) is 3. The Balaban J connectivity index is 3.22. The van der Waals surface area contributed by atoms with Gasteiger partial charge < -0.3 is 0 Å². The molecule has 0 radical (unpaired) electrons. The van der Waals surface area contributed by atoms with Crippen molar-refractivity contribution in [3.63, 3.8) is 0 Å². The summed E-state index contributed by atoms with van der Waals surface area (Å²) in [5.41, 5.74) is -1.18. The van der Waals surface area contributed by atoms with E-state index < -0.39 is 22.6 Å². The van der Waals surface area contributed by atoms with Crippen LogP contribution in [0, 0.1) is 21.4 Å². The number of alkyl halides is 2. The molecule has 0 fully saturated rings. The van der Waals surface area contributed by atoms with E-state index in [2.05, 4.69) is 4.98 Å². The lowest BCUT2D eigenvalue weighted by molar-refractivity contribution is -0.386. The highest BCUT2D eigenvalue weighted by atomic mass is 19.3. The zero-order valence-electron chi connectivity index (χ0n) is 7.35. The quantitative estimate of drug-likeness (QED) is 0.568. The fraction of sp³-hybridized carbons (Fsp3) is 0.250. The minimum absolute atomic E-state index is 0.105. The van der Waals surface area contributed by atoms with Crippen LogP contribution in [0.1, 0.15) is 17.7 Å². The van der Waals surface area contributed by atoms with E-state index in [4.69, 9.17) is 5.26 Å². The number of rotatable bonds is 3. The van der Waals surface area contributed by atoms with Crippen molar-refractivity contribution < 1.29 is 13.7 Å². The van der Waals surface area contributed by atoms with Gasteiger partial charge in [0.2, 0.25) is 0 Å². The van der Waals surface area contributed by atoms with Gasteiger partial charge in [0.05, 0.1) is 17.4 Å². The van der Waals surface area contributed by atoms with Gasteiger partial charge in [0.25, 0.3) is 12.1 Å². The number of pyridine rings is 1. The van der Waals surface area contributed by atoms with Gasteiger partial charge in [-0.1, -0.05) is 0 Å². The van der Waals surface area contributed by atoms with Crippen LogP contribution in [0.5, 0.6) is 0 Å². The van der Waals surface area contributed by atoms with Crippen LogP contribution in [-0.4, -0.2) is 9.91 Å². The normalized spacial score (nSPS) is 10.0. The topological polar surface area (TPSA) is 79.8 Å². The Morgan fingerprint density at radius 1 is 1.67 bits per heavy atom. The molecule has 0 bridgehead atoms. The molecule has 0 spiro atoms. The molecule has 0 unspecified atom stereocenters. The lowest BCUT2D eigenvalue weighted by atomic mass is 10.2. The average molecular weight is 213 g/mol. The van der Waals surface area contributed by atoms with Crippen molar-refractivity contribution in [1.82, 2.24) is 4.98 Å². The van der Waals surface area contributed by atoms with E-state index in [0.29, 0.717) is 0 Å². The second-order valence-electron chi connectivity index (χ2n) is 2.63. The monoisotopic (exact) mass is 213 g/mol. The second kappa shape index (κ2) is 4.41. The molecule has 0 aliphatic rings. The summed E-state index contributed by atoms with van der Waals surface area (Å²) in [6, 6.07) is 2.41. The molecule has 1 rings (SSSR count). The molecule has 0 saturated carbocycles. The Morgan fingerprint density at radius 3 is 2.80 bits per heavy atom. The highest BCUT2D eigenvalue weighted by molar-refractivity contribution is 5.39. The molecule has 15 heavy (non-hydrogen) atoms. The van der Waals surface area contributed by atoms with Gasteiger partial charge in [0, 0.05) is 17.8 Å². The largest absolute Gasteiger partial charge is 0.292 e. The molecule has 0 atom stereocenters. The Morgan fingerprint density at radius 2 is 2.33 bits per heavy atom. The van der Waals surface area contributed by atoms with Crippen molar-refractivity contribution in [2.75, 3.05) is 0 Å². The summed E-state index contributed by atoms with van der Waals surface area (Å²) >= 11 is 0. The number of hydrogen-bond donors (Lipinski definition) is 0. The molecule has 1 aromatic heterocycles. The van der Waals surface area contributed by atoms with Crippen LogP contribution in [0.15, 0.2) is 12.3 Å². The van der Waals surface area contributed by atoms with Gasteiger partial charge in [0.1, 0.15) is 5.69 Å². The van der Waals surface area contributed by atoms with Gasteiger partial charge in [-0.3, -0.25) is 15.1 Å². The summed E-state index contributed by atoms with van der Waals surface area (Å²) in [4.78, 5) is 13.1. The van der Waals surface area contributed by atoms with E-state index in [0.717, 1.165) is 12.3 Å². The number of nitriles is 1. The molecule has 78 valence electrons. The summed E-state index contributed by atoms with van der Waals surface area (Å²) < 4.78 is 24.4. The van der Waals surface area contributed by atoms with Crippen molar-refractivity contribution in [2.45, 2.75) is 12.8 Å². The summed E-state index contributed by atoms with van der Waals surface area (Å²) in [5.74, 6) is 0. The number of halogens is 2.